The Morgan fingerprint density at radius 2 is 1.85 bits per heavy atom. The highest BCUT2D eigenvalue weighted by molar-refractivity contribution is 6.30. The lowest BCUT2D eigenvalue weighted by Crippen LogP contribution is -2.39. The van der Waals surface area contributed by atoms with Crippen LogP contribution in [0.2, 0.25) is 5.02 Å². The molecule has 0 amide bonds. The van der Waals surface area contributed by atoms with Gasteiger partial charge in [0.1, 0.15) is 11.6 Å². The molecular formula is C19H27ClN6. The average molecular weight is 375 g/mol. The summed E-state index contributed by atoms with van der Waals surface area (Å²) in [5.74, 6) is 3.03. The molecule has 0 saturated carbocycles. The predicted molar refractivity (Wildman–Crippen MR) is 106 cm³/mol. The van der Waals surface area contributed by atoms with E-state index in [1.807, 2.05) is 12.1 Å². The number of nitrogens with zero attached hydrogens (tertiary/aromatic N) is 4. The number of nitrogens with one attached hydrogen (secondary N) is 2. The summed E-state index contributed by atoms with van der Waals surface area (Å²) < 4.78 is 2.30. The van der Waals surface area contributed by atoms with Crippen LogP contribution in [-0.4, -0.2) is 40.9 Å². The molecule has 0 radical (unpaired) electrons. The first kappa shape index (κ1) is 18.7. The minimum Gasteiger partial charge on any atom is -0.356 e. The van der Waals surface area contributed by atoms with Crippen molar-refractivity contribution < 1.29 is 0 Å². The molecule has 3 rings (SSSR count). The van der Waals surface area contributed by atoms with Crippen molar-refractivity contribution in [3.8, 4) is 0 Å². The van der Waals surface area contributed by atoms with Crippen molar-refractivity contribution in [3.05, 3.63) is 46.5 Å². The fourth-order valence-corrected chi connectivity index (χ4v) is 3.35. The molecular weight excluding hydrogens is 348 g/mol. The summed E-state index contributed by atoms with van der Waals surface area (Å²) in [5, 5.41) is 16.2. The number of hydrogen-bond acceptors (Lipinski definition) is 3. The quantitative estimate of drug-likeness (QED) is 0.602. The van der Waals surface area contributed by atoms with Gasteiger partial charge in [0.05, 0.1) is 0 Å². The predicted octanol–water partition coefficient (Wildman–Crippen LogP) is 2.61. The number of hydrogen-bond donors (Lipinski definition) is 2. The second-order valence-corrected chi connectivity index (χ2v) is 6.98. The topological polar surface area (TPSA) is 67.1 Å². The van der Waals surface area contributed by atoms with Crippen LogP contribution in [-0.2, 0) is 25.8 Å². The maximum atomic E-state index is 5.92. The van der Waals surface area contributed by atoms with Crippen molar-refractivity contribution in [2.45, 2.75) is 45.1 Å². The molecule has 0 aliphatic carbocycles. The molecule has 0 fully saturated rings. The smallest absolute Gasteiger partial charge is 0.191 e. The van der Waals surface area contributed by atoms with E-state index in [9.17, 15) is 0 Å². The Hall–Kier alpha value is -2.08. The number of aryl methyl sites for hydroxylation is 1. The molecule has 6 nitrogen and oxygen atoms in total. The summed E-state index contributed by atoms with van der Waals surface area (Å²) in [6.07, 6.45) is 6.56. The third-order valence-electron chi connectivity index (χ3n) is 4.67. The third kappa shape index (κ3) is 5.21. The Morgan fingerprint density at radius 3 is 2.62 bits per heavy atom. The van der Waals surface area contributed by atoms with Gasteiger partial charge in [0.25, 0.3) is 0 Å². The molecule has 1 aliphatic rings. The molecule has 140 valence electrons. The van der Waals surface area contributed by atoms with Gasteiger partial charge in [-0.25, -0.2) is 0 Å². The van der Waals surface area contributed by atoms with Crippen LogP contribution in [0.1, 0.15) is 36.5 Å². The van der Waals surface area contributed by atoms with Crippen molar-refractivity contribution in [3.63, 3.8) is 0 Å². The Bertz CT molecular complexity index is 722. The highest BCUT2D eigenvalue weighted by atomic mass is 35.5. The average Bonchev–Trinajstić information content (AvgIpc) is 2.88. The fourth-order valence-electron chi connectivity index (χ4n) is 3.22. The first-order valence-corrected chi connectivity index (χ1v) is 9.74. The third-order valence-corrected chi connectivity index (χ3v) is 4.92. The SMILES string of the molecule is CN=C(NCCc1ccc(Cl)cc1)NCCc1nnc2n1CCCCC2. The fraction of sp³-hybridized carbons (Fsp3) is 0.526. The van der Waals surface area contributed by atoms with Crippen LogP contribution in [0, 0.1) is 0 Å². The van der Waals surface area contributed by atoms with Crippen molar-refractivity contribution in [2.24, 2.45) is 4.99 Å². The number of aromatic nitrogens is 3. The number of guanidine groups is 1. The Kier molecular flexibility index (Phi) is 6.89. The molecule has 0 atom stereocenters. The van der Waals surface area contributed by atoms with E-state index in [-0.39, 0.29) is 0 Å². The van der Waals surface area contributed by atoms with Gasteiger partial charge < -0.3 is 15.2 Å². The van der Waals surface area contributed by atoms with Gasteiger partial charge in [-0.2, -0.15) is 0 Å². The maximum absolute atomic E-state index is 5.92. The molecule has 0 unspecified atom stereocenters. The lowest BCUT2D eigenvalue weighted by molar-refractivity contribution is 0.600. The standard InChI is InChI=1S/C19H27ClN6/c1-21-19(22-12-10-15-6-8-16(20)9-7-15)23-13-11-18-25-24-17-5-3-2-4-14-26(17)18/h6-9H,2-5,10-14H2,1H3,(H2,21,22,23). The van der Waals surface area contributed by atoms with Gasteiger partial charge in [0, 0.05) is 44.5 Å². The highest BCUT2D eigenvalue weighted by Gasteiger charge is 2.14. The summed E-state index contributed by atoms with van der Waals surface area (Å²) in [5.41, 5.74) is 1.25. The van der Waals surface area contributed by atoms with Crippen LogP contribution in [0.4, 0.5) is 0 Å². The zero-order chi connectivity index (χ0) is 18.2. The molecule has 0 saturated heterocycles. The van der Waals surface area contributed by atoms with Crippen LogP contribution in [0.25, 0.3) is 0 Å². The van der Waals surface area contributed by atoms with E-state index in [0.29, 0.717) is 0 Å². The molecule has 1 aromatic carbocycles. The van der Waals surface area contributed by atoms with Crippen LogP contribution >= 0.6 is 11.6 Å². The molecule has 0 bridgehead atoms. The number of aliphatic imine (C=N–C) groups is 1. The highest BCUT2D eigenvalue weighted by Crippen LogP contribution is 2.14. The monoisotopic (exact) mass is 374 g/mol. The Labute approximate surface area is 160 Å². The summed E-state index contributed by atoms with van der Waals surface area (Å²) in [6.45, 7) is 2.66. The molecule has 1 aliphatic heterocycles. The number of benzene rings is 1. The van der Waals surface area contributed by atoms with E-state index in [4.69, 9.17) is 11.6 Å². The summed E-state index contributed by atoms with van der Waals surface area (Å²) >= 11 is 5.92. The summed E-state index contributed by atoms with van der Waals surface area (Å²) in [7, 11) is 1.79. The molecule has 7 heteroatoms. The maximum Gasteiger partial charge on any atom is 0.191 e. The summed E-state index contributed by atoms with van der Waals surface area (Å²) in [4.78, 5) is 4.29. The number of halogens is 1. The number of rotatable bonds is 6. The van der Waals surface area contributed by atoms with E-state index in [0.717, 1.165) is 61.5 Å². The van der Waals surface area contributed by atoms with Gasteiger partial charge in [-0.1, -0.05) is 30.2 Å². The van der Waals surface area contributed by atoms with E-state index < -0.39 is 0 Å². The van der Waals surface area contributed by atoms with Gasteiger partial charge in [-0.05, 0) is 37.0 Å². The lowest BCUT2D eigenvalue weighted by Gasteiger charge is -2.12. The lowest BCUT2D eigenvalue weighted by atomic mass is 10.1. The Morgan fingerprint density at radius 1 is 1.08 bits per heavy atom. The van der Waals surface area contributed by atoms with Gasteiger partial charge in [0.2, 0.25) is 0 Å². The normalized spacial score (nSPS) is 14.6. The second-order valence-electron chi connectivity index (χ2n) is 6.55. The minimum atomic E-state index is 0.769. The van der Waals surface area contributed by atoms with Crippen LogP contribution < -0.4 is 10.6 Å². The van der Waals surface area contributed by atoms with Crippen LogP contribution in [0.3, 0.4) is 0 Å². The van der Waals surface area contributed by atoms with E-state index >= 15 is 0 Å². The van der Waals surface area contributed by atoms with Crippen LogP contribution in [0.15, 0.2) is 29.3 Å². The first-order chi connectivity index (χ1) is 12.8. The molecule has 1 aromatic heterocycles. The first-order valence-electron chi connectivity index (χ1n) is 9.36. The molecule has 2 aromatic rings. The van der Waals surface area contributed by atoms with Gasteiger partial charge >= 0.3 is 0 Å². The van der Waals surface area contributed by atoms with E-state index in [2.05, 4.69) is 42.5 Å². The van der Waals surface area contributed by atoms with E-state index in [1.54, 1.807) is 7.05 Å². The molecule has 2 heterocycles. The Balaban J connectivity index is 1.42. The van der Waals surface area contributed by atoms with Gasteiger partial charge in [-0.15, -0.1) is 10.2 Å². The zero-order valence-electron chi connectivity index (χ0n) is 15.3. The van der Waals surface area contributed by atoms with Gasteiger partial charge in [0.15, 0.2) is 5.96 Å². The summed E-state index contributed by atoms with van der Waals surface area (Å²) in [6, 6.07) is 7.95. The second kappa shape index (κ2) is 9.57. The van der Waals surface area contributed by atoms with Crippen molar-refractivity contribution in [1.82, 2.24) is 25.4 Å². The molecule has 2 N–H and O–H groups in total. The molecule has 0 spiro atoms. The van der Waals surface area contributed by atoms with Crippen molar-refractivity contribution in [2.75, 3.05) is 20.1 Å². The van der Waals surface area contributed by atoms with Crippen molar-refractivity contribution >= 4 is 17.6 Å². The van der Waals surface area contributed by atoms with Gasteiger partial charge in [-0.3, -0.25) is 4.99 Å². The largest absolute Gasteiger partial charge is 0.356 e. The molecule has 26 heavy (non-hydrogen) atoms. The number of fused-ring (bicyclic) bond motifs is 1. The van der Waals surface area contributed by atoms with Crippen LogP contribution in [0.5, 0.6) is 0 Å². The van der Waals surface area contributed by atoms with Crippen molar-refractivity contribution in [1.29, 1.82) is 0 Å². The minimum absolute atomic E-state index is 0.769. The van der Waals surface area contributed by atoms with E-state index in [1.165, 1.54) is 24.8 Å². The zero-order valence-corrected chi connectivity index (χ0v) is 16.1.